The van der Waals surface area contributed by atoms with Crippen LogP contribution in [0, 0.1) is 13.8 Å². The molecule has 0 N–H and O–H groups in total. The van der Waals surface area contributed by atoms with E-state index < -0.39 is 0 Å². The summed E-state index contributed by atoms with van der Waals surface area (Å²) in [5, 5.41) is 26.0. The molecule has 0 bridgehead atoms. The fraction of sp³-hybridized carbons (Fsp3) is 0.407. The molecule has 0 saturated heterocycles. The van der Waals surface area contributed by atoms with E-state index in [0.29, 0.717) is 11.9 Å². The average molecular weight is 531 g/mol. The van der Waals surface area contributed by atoms with E-state index in [4.69, 9.17) is 0 Å². The molecule has 0 unspecified atom stereocenters. The molecule has 0 saturated carbocycles. The van der Waals surface area contributed by atoms with E-state index in [-0.39, 0.29) is 0 Å². The molecule has 0 atom stereocenters. The maximum atomic E-state index is 4.44. The van der Waals surface area contributed by atoms with Gasteiger partial charge in [0.25, 0.3) is 0 Å². The first-order valence-electron chi connectivity index (χ1n) is 12.9. The van der Waals surface area contributed by atoms with Gasteiger partial charge >= 0.3 is 11.9 Å². The highest BCUT2D eigenvalue weighted by atomic mass is 15.4. The van der Waals surface area contributed by atoms with Crippen LogP contribution in [0.2, 0.25) is 0 Å². The summed E-state index contributed by atoms with van der Waals surface area (Å²) in [6.45, 7) is 5.99. The summed E-state index contributed by atoms with van der Waals surface area (Å²) in [4.78, 5) is 4.55. The monoisotopic (exact) mass is 530 g/mol. The first-order chi connectivity index (χ1) is 18.6. The molecule has 0 aliphatic rings. The highest BCUT2D eigenvalue weighted by molar-refractivity contribution is 5.58. The molecular formula is C27H38N12+2. The van der Waals surface area contributed by atoms with Crippen LogP contribution in [-0.4, -0.2) is 46.7 Å². The number of rotatable bonds is 10. The smallest absolute Gasteiger partial charge is 0.375 e. The van der Waals surface area contributed by atoms with E-state index in [1.807, 2.05) is 49.5 Å². The SMILES string of the molecule is Cc1cc(N(C)CCCN(C)c2ccc(N=Nc3n(C)nc[n+]3C)c(C)c2)ccc1N=Nc1n(C)nc[n+]1C. The van der Waals surface area contributed by atoms with E-state index in [9.17, 15) is 0 Å². The van der Waals surface area contributed by atoms with Gasteiger partial charge in [-0.25, -0.2) is 9.13 Å². The zero-order chi connectivity index (χ0) is 28.1. The fourth-order valence-electron chi connectivity index (χ4n) is 4.22. The zero-order valence-electron chi connectivity index (χ0n) is 24.1. The number of aryl methyl sites for hydroxylation is 6. The van der Waals surface area contributed by atoms with E-state index in [0.717, 1.165) is 53.4 Å². The lowest BCUT2D eigenvalue weighted by molar-refractivity contribution is -0.659. The third-order valence-electron chi connectivity index (χ3n) is 6.73. The molecule has 0 aliphatic heterocycles. The van der Waals surface area contributed by atoms with Gasteiger partial charge < -0.3 is 9.80 Å². The molecule has 204 valence electrons. The molecule has 12 heteroatoms. The largest absolute Gasteiger partial charge is 0.403 e. The van der Waals surface area contributed by atoms with Crippen molar-refractivity contribution in [3.8, 4) is 0 Å². The molecule has 39 heavy (non-hydrogen) atoms. The van der Waals surface area contributed by atoms with Gasteiger partial charge in [0.15, 0.2) is 0 Å². The van der Waals surface area contributed by atoms with Crippen molar-refractivity contribution in [3.05, 3.63) is 60.2 Å². The fourth-order valence-corrected chi connectivity index (χ4v) is 4.22. The van der Waals surface area contributed by atoms with Crippen LogP contribution >= 0.6 is 0 Å². The van der Waals surface area contributed by atoms with E-state index in [1.165, 1.54) is 0 Å². The molecule has 0 aliphatic carbocycles. The normalized spacial score (nSPS) is 11.7. The van der Waals surface area contributed by atoms with Crippen molar-refractivity contribution in [2.75, 3.05) is 37.0 Å². The third-order valence-corrected chi connectivity index (χ3v) is 6.73. The van der Waals surface area contributed by atoms with Crippen molar-refractivity contribution in [3.63, 3.8) is 0 Å². The summed E-state index contributed by atoms with van der Waals surface area (Å²) in [5.74, 6) is 1.38. The van der Waals surface area contributed by atoms with Crippen LogP contribution in [0.25, 0.3) is 0 Å². The summed E-state index contributed by atoms with van der Waals surface area (Å²) < 4.78 is 7.07. The summed E-state index contributed by atoms with van der Waals surface area (Å²) in [6, 6.07) is 12.5. The lowest BCUT2D eigenvalue weighted by Crippen LogP contribution is -2.25. The van der Waals surface area contributed by atoms with Gasteiger partial charge in [-0.05, 0) is 78.0 Å². The number of hydrogen-bond donors (Lipinski definition) is 0. The Morgan fingerprint density at radius 3 is 1.44 bits per heavy atom. The average Bonchev–Trinajstić information content (AvgIpc) is 3.41. The Bertz CT molecular complexity index is 1350. The van der Waals surface area contributed by atoms with E-state index in [2.05, 4.69) is 92.7 Å². The summed E-state index contributed by atoms with van der Waals surface area (Å²) in [5.41, 5.74) is 6.17. The van der Waals surface area contributed by atoms with Gasteiger partial charge in [-0.2, -0.15) is 0 Å². The van der Waals surface area contributed by atoms with Gasteiger partial charge in [0.1, 0.15) is 11.4 Å². The van der Waals surface area contributed by atoms with Crippen LogP contribution in [-0.2, 0) is 28.2 Å². The molecule has 2 aromatic heterocycles. The standard InChI is InChI=1S/C27H38N12/c1-20-16-22(10-12-24(20)30-32-26-36(5)18-28-38(26)7)34(3)14-9-15-35(4)23-11-13-25(21(2)17-23)31-33-27-37(6)19-29-39(27)8/h10-13,16-19H,9,14-15H2,1-8H3/q+2. The second-order valence-corrected chi connectivity index (χ2v) is 9.87. The Labute approximate surface area is 229 Å². The van der Waals surface area contributed by atoms with Crippen LogP contribution in [0.15, 0.2) is 69.5 Å². The van der Waals surface area contributed by atoms with E-state index in [1.54, 1.807) is 22.0 Å². The van der Waals surface area contributed by atoms with Crippen LogP contribution in [0.3, 0.4) is 0 Å². The van der Waals surface area contributed by atoms with E-state index >= 15 is 0 Å². The molecule has 0 radical (unpaired) electrons. The third kappa shape index (κ3) is 6.51. The topological polar surface area (TPSA) is 99.3 Å². The number of azo groups is 2. The van der Waals surface area contributed by atoms with Gasteiger partial charge in [0, 0.05) is 48.8 Å². The van der Waals surface area contributed by atoms with Crippen molar-refractivity contribution in [2.24, 2.45) is 48.6 Å². The maximum absolute atomic E-state index is 4.44. The van der Waals surface area contributed by atoms with Crippen molar-refractivity contribution >= 4 is 34.6 Å². The van der Waals surface area contributed by atoms with Crippen LogP contribution in [0.1, 0.15) is 17.5 Å². The van der Waals surface area contributed by atoms with Gasteiger partial charge in [-0.3, -0.25) is 0 Å². The minimum absolute atomic E-state index is 0.688. The highest BCUT2D eigenvalue weighted by Gasteiger charge is 2.14. The first-order valence-corrected chi connectivity index (χ1v) is 12.9. The Kier molecular flexibility index (Phi) is 8.43. The van der Waals surface area contributed by atoms with Crippen molar-refractivity contribution in [1.29, 1.82) is 0 Å². The molecule has 4 rings (SSSR count). The minimum atomic E-state index is 0.688. The predicted molar refractivity (Wildman–Crippen MR) is 151 cm³/mol. The molecule has 0 amide bonds. The summed E-state index contributed by atoms with van der Waals surface area (Å²) >= 11 is 0. The van der Waals surface area contributed by atoms with Gasteiger partial charge in [0.2, 0.25) is 12.7 Å². The summed E-state index contributed by atoms with van der Waals surface area (Å²) in [6.07, 6.45) is 4.44. The van der Waals surface area contributed by atoms with Crippen LogP contribution in [0.4, 0.5) is 34.6 Å². The molecule has 0 fully saturated rings. The molecule has 2 heterocycles. The first kappa shape index (κ1) is 27.6. The number of anilines is 2. The second-order valence-electron chi connectivity index (χ2n) is 9.87. The number of aromatic nitrogens is 6. The zero-order valence-corrected chi connectivity index (χ0v) is 24.1. The predicted octanol–water partition coefficient (Wildman–Crippen LogP) is 4.21. The van der Waals surface area contributed by atoms with Gasteiger partial charge in [0.05, 0.1) is 28.2 Å². The van der Waals surface area contributed by atoms with Crippen molar-refractivity contribution < 1.29 is 9.13 Å². The van der Waals surface area contributed by atoms with Gasteiger partial charge in [-0.1, -0.05) is 10.2 Å². The quantitative estimate of drug-likeness (QED) is 0.226. The summed E-state index contributed by atoms with van der Waals surface area (Å²) in [7, 11) is 11.7. The van der Waals surface area contributed by atoms with Gasteiger partial charge in [-0.15, -0.1) is 9.36 Å². The maximum Gasteiger partial charge on any atom is 0.403 e. The number of hydrogen-bond acceptors (Lipinski definition) is 8. The van der Waals surface area contributed by atoms with Crippen LogP contribution < -0.4 is 18.9 Å². The Morgan fingerprint density at radius 1 is 0.692 bits per heavy atom. The number of benzene rings is 2. The number of nitrogens with zero attached hydrogens (tertiary/aromatic N) is 12. The minimum Gasteiger partial charge on any atom is -0.375 e. The lowest BCUT2D eigenvalue weighted by atomic mass is 10.1. The van der Waals surface area contributed by atoms with Crippen molar-refractivity contribution in [1.82, 2.24) is 19.6 Å². The molecule has 0 spiro atoms. The molecule has 2 aromatic carbocycles. The molecule has 4 aromatic rings. The molecule has 12 nitrogen and oxygen atoms in total. The highest BCUT2D eigenvalue weighted by Crippen LogP contribution is 2.27. The Morgan fingerprint density at radius 2 is 1.10 bits per heavy atom. The van der Waals surface area contributed by atoms with Crippen molar-refractivity contribution in [2.45, 2.75) is 20.3 Å². The Balaban J connectivity index is 1.31. The Hall–Kier alpha value is -4.48. The molecular weight excluding hydrogens is 492 g/mol. The lowest BCUT2D eigenvalue weighted by Gasteiger charge is -2.24. The van der Waals surface area contributed by atoms with Crippen LogP contribution in [0.5, 0.6) is 0 Å². The second kappa shape index (κ2) is 11.9.